The zero-order chi connectivity index (χ0) is 28.4. The van der Waals surface area contributed by atoms with Gasteiger partial charge in [0.2, 0.25) is 0 Å². The number of nitrogens with two attached hydrogens (primary N) is 2. The Morgan fingerprint density at radius 2 is 1.66 bits per heavy atom. The lowest BCUT2D eigenvalue weighted by Crippen LogP contribution is -2.17. The monoisotopic (exact) mass is 563 g/mol. The maximum atomic E-state index is 13.3. The second-order valence-electron chi connectivity index (χ2n) is 7.56. The van der Waals surface area contributed by atoms with Gasteiger partial charge < -0.3 is 25.7 Å². The van der Waals surface area contributed by atoms with Crippen molar-refractivity contribution < 1.29 is 50.1 Å². The molecule has 0 aliphatic carbocycles. The number of primary amides is 1. The number of amides is 1. The molecule has 0 atom stereocenters. The van der Waals surface area contributed by atoms with E-state index < -0.39 is 58.5 Å². The molecule has 8 nitrogen and oxygen atoms in total. The Kier molecular flexibility index (Phi) is 7.95. The number of pyridine rings is 1. The lowest BCUT2D eigenvalue weighted by molar-refractivity contribution is -0.274. The molecule has 38 heavy (non-hydrogen) atoms. The number of rotatable bonds is 8. The van der Waals surface area contributed by atoms with Crippen molar-refractivity contribution in [3.63, 3.8) is 0 Å². The second-order valence-corrected chi connectivity index (χ2v) is 7.91. The van der Waals surface area contributed by atoms with Gasteiger partial charge in [-0.2, -0.15) is 13.2 Å². The van der Waals surface area contributed by atoms with Crippen molar-refractivity contribution >= 4 is 28.4 Å². The maximum Gasteiger partial charge on any atom is 0.573 e. The summed E-state index contributed by atoms with van der Waals surface area (Å²) >= 11 is 5.52. The van der Waals surface area contributed by atoms with Crippen LogP contribution in [0.3, 0.4) is 0 Å². The number of benzene rings is 2. The third-order valence-electron chi connectivity index (χ3n) is 4.96. The third-order valence-corrected chi connectivity index (χ3v) is 5.14. The van der Waals surface area contributed by atoms with Crippen LogP contribution in [0.5, 0.6) is 23.0 Å². The van der Waals surface area contributed by atoms with Crippen LogP contribution in [-0.4, -0.2) is 22.5 Å². The number of aromatic nitrogens is 1. The second kappa shape index (κ2) is 10.7. The third kappa shape index (κ3) is 6.76. The van der Waals surface area contributed by atoms with Crippen LogP contribution in [0.25, 0.3) is 0 Å². The van der Waals surface area contributed by atoms with E-state index in [1.54, 1.807) is 0 Å². The van der Waals surface area contributed by atoms with Gasteiger partial charge in [-0.1, -0.05) is 0 Å². The van der Waals surface area contributed by atoms with Crippen molar-refractivity contribution in [3.05, 3.63) is 70.5 Å². The van der Waals surface area contributed by atoms with Gasteiger partial charge in [-0.05, 0) is 54.4 Å². The molecule has 3 rings (SSSR count). The van der Waals surface area contributed by atoms with Gasteiger partial charge in [-0.15, -0.1) is 13.2 Å². The standard InChI is InChI=1S/C23H16ClF6N3O5/c1-10-13(22(25,26)27)3-5-17(19(10)20(24)34)37-16-4-2-12(38-23(28,29)30)6-18(16)36-9-11-8-33-15(21(32)35)7-14(11)31/h2-8H,9H2,1H3,(H2,31,33)(H2,32,35). The molecule has 4 N–H and O–H groups in total. The SMILES string of the molecule is Cc1c(C(F)(F)F)ccc(Oc2ccc(OC(F)(F)F)cc2OCc2cnc(C(N)=O)cc2N)c1C(=O)Cl. The first kappa shape index (κ1) is 28.4. The molecule has 0 aliphatic heterocycles. The molecule has 1 heterocycles. The average molecular weight is 564 g/mol. The van der Waals surface area contributed by atoms with Crippen LogP contribution < -0.4 is 25.7 Å². The van der Waals surface area contributed by atoms with Crippen LogP contribution in [0.1, 0.15) is 37.5 Å². The van der Waals surface area contributed by atoms with Gasteiger partial charge >= 0.3 is 12.5 Å². The predicted octanol–water partition coefficient (Wildman–Crippen LogP) is 5.74. The summed E-state index contributed by atoms with van der Waals surface area (Å²) in [4.78, 5) is 27.0. The fourth-order valence-corrected chi connectivity index (χ4v) is 3.47. The largest absolute Gasteiger partial charge is 0.573 e. The molecule has 0 saturated carbocycles. The lowest BCUT2D eigenvalue weighted by atomic mass is 10.0. The minimum atomic E-state index is -5.05. The number of alkyl halides is 6. The summed E-state index contributed by atoms with van der Waals surface area (Å²) in [6.45, 7) is 0.603. The van der Waals surface area contributed by atoms with E-state index in [1.807, 2.05) is 0 Å². The van der Waals surface area contributed by atoms with Crippen molar-refractivity contribution in [1.29, 1.82) is 0 Å². The Morgan fingerprint density at radius 3 is 2.21 bits per heavy atom. The fourth-order valence-electron chi connectivity index (χ4n) is 3.23. The van der Waals surface area contributed by atoms with Crippen LogP contribution in [0.15, 0.2) is 42.6 Å². The van der Waals surface area contributed by atoms with Gasteiger partial charge in [0.25, 0.3) is 11.1 Å². The molecule has 0 unspecified atom stereocenters. The number of carbonyl (C=O) groups excluding carboxylic acids is 2. The molecule has 0 spiro atoms. The van der Waals surface area contributed by atoms with E-state index in [-0.39, 0.29) is 28.4 Å². The Morgan fingerprint density at radius 1 is 1.00 bits per heavy atom. The molecule has 0 fully saturated rings. The highest BCUT2D eigenvalue weighted by molar-refractivity contribution is 6.68. The van der Waals surface area contributed by atoms with E-state index in [9.17, 15) is 35.9 Å². The van der Waals surface area contributed by atoms with Crippen molar-refractivity contribution in [3.8, 4) is 23.0 Å². The van der Waals surface area contributed by atoms with Gasteiger partial charge in [-0.25, -0.2) is 0 Å². The van der Waals surface area contributed by atoms with Crippen LogP contribution in [0, 0.1) is 6.92 Å². The smallest absolute Gasteiger partial charge is 0.485 e. The molecule has 0 saturated heterocycles. The zero-order valence-corrected chi connectivity index (χ0v) is 19.8. The van der Waals surface area contributed by atoms with Crippen molar-refractivity contribution in [2.75, 3.05) is 5.73 Å². The molecular formula is C23H16ClF6N3O5. The van der Waals surface area contributed by atoms with E-state index in [4.69, 9.17) is 32.5 Å². The number of hydrogen-bond acceptors (Lipinski definition) is 7. The van der Waals surface area contributed by atoms with Crippen LogP contribution in [-0.2, 0) is 12.8 Å². The van der Waals surface area contributed by atoms with E-state index in [1.165, 1.54) is 0 Å². The minimum Gasteiger partial charge on any atom is -0.485 e. The Bertz CT molecular complexity index is 1400. The molecule has 1 aromatic heterocycles. The summed E-state index contributed by atoms with van der Waals surface area (Å²) in [5.41, 5.74) is 8.77. The maximum absolute atomic E-state index is 13.3. The molecule has 3 aromatic rings. The van der Waals surface area contributed by atoms with Gasteiger partial charge in [-0.3, -0.25) is 14.6 Å². The molecule has 202 valence electrons. The molecule has 2 aromatic carbocycles. The summed E-state index contributed by atoms with van der Waals surface area (Å²) in [5, 5.41) is -1.27. The molecule has 0 radical (unpaired) electrons. The normalized spacial score (nSPS) is 11.7. The van der Waals surface area contributed by atoms with Gasteiger partial charge in [0.1, 0.15) is 23.8 Å². The number of hydrogen-bond donors (Lipinski definition) is 2. The van der Waals surface area contributed by atoms with Crippen LogP contribution in [0.2, 0.25) is 0 Å². The van der Waals surface area contributed by atoms with E-state index in [0.29, 0.717) is 6.07 Å². The van der Waals surface area contributed by atoms with Gasteiger partial charge in [0.05, 0.1) is 11.1 Å². The first-order valence-corrected chi connectivity index (χ1v) is 10.6. The molecule has 15 heteroatoms. The van der Waals surface area contributed by atoms with Crippen LogP contribution >= 0.6 is 11.6 Å². The number of nitrogens with zero attached hydrogens (tertiary/aromatic N) is 1. The van der Waals surface area contributed by atoms with E-state index >= 15 is 0 Å². The number of ether oxygens (including phenoxy) is 3. The molecular weight excluding hydrogens is 548 g/mol. The van der Waals surface area contributed by atoms with Gasteiger partial charge in [0, 0.05) is 23.5 Å². The lowest BCUT2D eigenvalue weighted by Gasteiger charge is -2.19. The highest BCUT2D eigenvalue weighted by Gasteiger charge is 2.35. The fraction of sp³-hybridized carbons (Fsp3) is 0.174. The number of anilines is 1. The molecule has 1 amide bonds. The number of carbonyl (C=O) groups is 2. The average Bonchev–Trinajstić information content (AvgIpc) is 2.77. The number of nitrogen functional groups attached to an aromatic ring is 1. The quantitative estimate of drug-likeness (QED) is 0.264. The highest BCUT2D eigenvalue weighted by atomic mass is 35.5. The summed E-state index contributed by atoms with van der Waals surface area (Å²) in [5.74, 6) is -2.67. The molecule has 0 aliphatic rings. The summed E-state index contributed by atoms with van der Waals surface area (Å²) in [6, 6.07) is 5.27. The van der Waals surface area contributed by atoms with E-state index in [0.717, 1.165) is 43.5 Å². The topological polar surface area (TPSA) is 127 Å². The highest BCUT2D eigenvalue weighted by Crippen LogP contribution is 2.41. The van der Waals surface area contributed by atoms with Crippen molar-refractivity contribution in [2.45, 2.75) is 26.1 Å². The first-order chi connectivity index (χ1) is 17.6. The van der Waals surface area contributed by atoms with Crippen LogP contribution in [0.4, 0.5) is 32.0 Å². The zero-order valence-electron chi connectivity index (χ0n) is 19.0. The van der Waals surface area contributed by atoms with Gasteiger partial charge in [0.15, 0.2) is 11.5 Å². The summed E-state index contributed by atoms with van der Waals surface area (Å²) in [7, 11) is 0. The summed E-state index contributed by atoms with van der Waals surface area (Å²) in [6.07, 6.45) is -8.70. The predicted molar refractivity (Wildman–Crippen MR) is 121 cm³/mol. The van der Waals surface area contributed by atoms with Crippen molar-refractivity contribution in [2.24, 2.45) is 5.73 Å². The number of halogens is 7. The summed E-state index contributed by atoms with van der Waals surface area (Å²) < 4.78 is 93.1. The van der Waals surface area contributed by atoms with Crippen molar-refractivity contribution in [1.82, 2.24) is 4.98 Å². The molecule has 0 bridgehead atoms. The Hall–Kier alpha value is -4.20. The van der Waals surface area contributed by atoms with E-state index in [2.05, 4.69) is 9.72 Å². The Labute approximate surface area is 215 Å². The minimum absolute atomic E-state index is 0.0207. The first-order valence-electron chi connectivity index (χ1n) is 10.2. The Balaban J connectivity index is 2.02.